The monoisotopic (exact) mass is 410 g/mol. The Labute approximate surface area is 129 Å². The highest BCUT2D eigenvalue weighted by Crippen LogP contribution is 2.40. The highest BCUT2D eigenvalue weighted by atomic mass is 79.9. The molecule has 0 aliphatic carbocycles. The van der Waals surface area contributed by atoms with Crippen LogP contribution in [0.5, 0.6) is 0 Å². The Hall–Kier alpha value is -0.350. The van der Waals surface area contributed by atoms with E-state index < -0.39 is 11.0 Å². The summed E-state index contributed by atoms with van der Waals surface area (Å²) in [6.45, 7) is 0.346. The maximum absolute atomic E-state index is 11.8. The van der Waals surface area contributed by atoms with Crippen LogP contribution in [0.25, 0.3) is 0 Å². The molecule has 2 N–H and O–H groups in total. The Morgan fingerprint density at radius 2 is 2.11 bits per heavy atom. The van der Waals surface area contributed by atoms with Gasteiger partial charge in [-0.2, -0.15) is 0 Å². The predicted octanol–water partition coefficient (Wildman–Crippen LogP) is 2.39. The number of rotatable bonds is 1. The van der Waals surface area contributed by atoms with Crippen LogP contribution >= 0.6 is 43.6 Å². The highest BCUT2D eigenvalue weighted by Gasteiger charge is 2.50. The number of furan rings is 1. The molecule has 0 bridgehead atoms. The number of halogens is 2. The van der Waals surface area contributed by atoms with Gasteiger partial charge < -0.3 is 19.2 Å². The number of ether oxygens (including phenoxy) is 2. The van der Waals surface area contributed by atoms with Gasteiger partial charge in [0.15, 0.2) is 15.6 Å². The molecule has 1 spiro atoms. The number of carbonyl (C=O) groups is 1. The summed E-state index contributed by atoms with van der Waals surface area (Å²) < 4.78 is 17.0. The van der Waals surface area contributed by atoms with Crippen LogP contribution in [0.15, 0.2) is 19.6 Å². The van der Waals surface area contributed by atoms with E-state index in [-0.39, 0.29) is 24.3 Å². The summed E-state index contributed by atoms with van der Waals surface area (Å²) in [7, 11) is 0. The van der Waals surface area contributed by atoms with Gasteiger partial charge in [-0.05, 0) is 31.9 Å². The first-order chi connectivity index (χ1) is 9.00. The van der Waals surface area contributed by atoms with Crippen molar-refractivity contribution in [2.45, 2.75) is 11.0 Å². The zero-order chi connectivity index (χ0) is 13.6. The molecule has 1 aromatic heterocycles. The van der Waals surface area contributed by atoms with Crippen LogP contribution in [-0.2, 0) is 14.3 Å². The molecule has 3 rings (SSSR count). The number of amides is 1. The van der Waals surface area contributed by atoms with Crippen molar-refractivity contribution < 1.29 is 18.7 Å². The van der Waals surface area contributed by atoms with Crippen LogP contribution in [0.4, 0.5) is 0 Å². The Kier molecular flexibility index (Phi) is 3.50. The van der Waals surface area contributed by atoms with E-state index in [0.29, 0.717) is 10.4 Å². The van der Waals surface area contributed by atoms with Crippen LogP contribution in [0.3, 0.4) is 0 Å². The number of carbonyl (C=O) groups excluding carboxylic acids is 1. The molecule has 0 radical (unpaired) electrons. The van der Waals surface area contributed by atoms with E-state index in [0.717, 1.165) is 16.2 Å². The fourth-order valence-corrected chi connectivity index (χ4v) is 3.37. The molecule has 6 nitrogen and oxygen atoms in total. The third kappa shape index (κ3) is 2.38. The quantitative estimate of drug-likeness (QED) is 0.741. The van der Waals surface area contributed by atoms with Crippen LogP contribution in [0.2, 0.25) is 0 Å². The van der Waals surface area contributed by atoms with Gasteiger partial charge in [-0.3, -0.25) is 10.2 Å². The van der Waals surface area contributed by atoms with Crippen LogP contribution < -0.4 is 5.32 Å². The van der Waals surface area contributed by atoms with Crippen molar-refractivity contribution in [2.24, 2.45) is 0 Å². The first-order valence-electron chi connectivity index (χ1n) is 5.27. The summed E-state index contributed by atoms with van der Waals surface area (Å²) >= 11 is 7.68. The summed E-state index contributed by atoms with van der Waals surface area (Å²) in [5.41, 5.74) is 0. The second kappa shape index (κ2) is 4.88. The van der Waals surface area contributed by atoms with Crippen LogP contribution in [-0.4, -0.2) is 29.0 Å². The summed E-state index contributed by atoms with van der Waals surface area (Å²) in [6, 6.07) is 1.75. The standard InChI is InChI=1S/C10H8Br2N2O4S/c11-4-1-5(18-6(4)12)7-16-2-10(3-17-7)8(15)14-9(13)19-10/h1,7H,2-3H2,(H2,13,14,15). The minimum Gasteiger partial charge on any atom is -0.448 e. The van der Waals surface area contributed by atoms with Gasteiger partial charge in [0.1, 0.15) is 4.75 Å². The molecule has 3 heterocycles. The van der Waals surface area contributed by atoms with Crippen molar-refractivity contribution in [2.75, 3.05) is 13.2 Å². The zero-order valence-electron chi connectivity index (χ0n) is 9.37. The number of amidine groups is 1. The smallest absolute Gasteiger partial charge is 0.247 e. The molecular weight excluding hydrogens is 404 g/mol. The average molecular weight is 412 g/mol. The van der Waals surface area contributed by atoms with Crippen molar-refractivity contribution in [1.82, 2.24) is 5.32 Å². The van der Waals surface area contributed by atoms with Crippen LogP contribution in [0, 0.1) is 5.41 Å². The number of hydrogen-bond donors (Lipinski definition) is 2. The predicted molar refractivity (Wildman–Crippen MR) is 74.9 cm³/mol. The average Bonchev–Trinajstić information content (AvgIpc) is 2.82. The van der Waals surface area contributed by atoms with Gasteiger partial charge in [0, 0.05) is 6.07 Å². The van der Waals surface area contributed by atoms with Crippen molar-refractivity contribution in [3.8, 4) is 0 Å². The zero-order valence-corrected chi connectivity index (χ0v) is 13.4. The maximum Gasteiger partial charge on any atom is 0.247 e. The fraction of sp³-hybridized carbons (Fsp3) is 0.400. The lowest BCUT2D eigenvalue weighted by Crippen LogP contribution is -2.48. The van der Waals surface area contributed by atoms with E-state index >= 15 is 0 Å². The van der Waals surface area contributed by atoms with E-state index in [9.17, 15) is 4.79 Å². The molecule has 1 amide bonds. The molecule has 2 fully saturated rings. The second-order valence-electron chi connectivity index (χ2n) is 4.10. The third-order valence-electron chi connectivity index (χ3n) is 2.77. The van der Waals surface area contributed by atoms with E-state index in [1.807, 2.05) is 0 Å². The summed E-state index contributed by atoms with van der Waals surface area (Å²) in [5, 5.41) is 10.1. The normalized spacial score (nSPS) is 30.9. The minimum absolute atomic E-state index is 0.124. The maximum atomic E-state index is 11.8. The fourth-order valence-electron chi connectivity index (χ4n) is 1.83. The Balaban J connectivity index is 1.73. The molecule has 9 heteroatoms. The molecule has 19 heavy (non-hydrogen) atoms. The van der Waals surface area contributed by atoms with Crippen LogP contribution in [0.1, 0.15) is 12.1 Å². The third-order valence-corrected chi connectivity index (χ3v) is 5.60. The SMILES string of the molecule is N=C1NC(=O)C2(COC(c3cc(Br)c(Br)o3)OC2)S1. The minimum atomic E-state index is -0.853. The van der Waals surface area contributed by atoms with E-state index in [4.69, 9.17) is 19.3 Å². The number of thioether (sulfide) groups is 1. The molecule has 2 aliphatic heterocycles. The van der Waals surface area contributed by atoms with Gasteiger partial charge in [-0.25, -0.2) is 0 Å². The van der Waals surface area contributed by atoms with Gasteiger partial charge >= 0.3 is 0 Å². The largest absolute Gasteiger partial charge is 0.448 e. The summed E-state index contributed by atoms with van der Waals surface area (Å²) in [6.07, 6.45) is -0.642. The molecule has 2 saturated heterocycles. The lowest BCUT2D eigenvalue weighted by molar-refractivity contribution is -0.204. The van der Waals surface area contributed by atoms with Gasteiger partial charge in [0.05, 0.1) is 17.7 Å². The van der Waals surface area contributed by atoms with Gasteiger partial charge in [-0.1, -0.05) is 11.8 Å². The Morgan fingerprint density at radius 1 is 1.42 bits per heavy atom. The first kappa shape index (κ1) is 13.6. The molecule has 2 aliphatic rings. The van der Waals surface area contributed by atoms with E-state index in [1.54, 1.807) is 6.07 Å². The highest BCUT2D eigenvalue weighted by molar-refractivity contribution is 9.13. The van der Waals surface area contributed by atoms with Crippen molar-refractivity contribution >= 4 is 54.7 Å². The number of hydrogen-bond acceptors (Lipinski definition) is 6. The topological polar surface area (TPSA) is 84.6 Å². The molecular formula is C10H8Br2N2O4S. The summed E-state index contributed by atoms with van der Waals surface area (Å²) in [5.74, 6) is 0.273. The second-order valence-corrected chi connectivity index (χ2v) is 7.07. The van der Waals surface area contributed by atoms with Gasteiger partial charge in [0.25, 0.3) is 0 Å². The molecule has 0 aromatic carbocycles. The van der Waals surface area contributed by atoms with Gasteiger partial charge in [-0.15, -0.1) is 0 Å². The van der Waals surface area contributed by atoms with Crippen molar-refractivity contribution in [3.63, 3.8) is 0 Å². The number of nitrogens with one attached hydrogen (secondary N) is 2. The molecule has 0 atom stereocenters. The molecule has 0 unspecified atom stereocenters. The van der Waals surface area contributed by atoms with E-state index in [2.05, 4.69) is 37.2 Å². The molecule has 102 valence electrons. The first-order valence-corrected chi connectivity index (χ1v) is 7.67. The van der Waals surface area contributed by atoms with Gasteiger partial charge in [0.2, 0.25) is 12.2 Å². The van der Waals surface area contributed by atoms with Crippen molar-refractivity contribution in [3.05, 3.63) is 21.0 Å². The Bertz CT molecular complexity index is 534. The van der Waals surface area contributed by atoms with Crippen molar-refractivity contribution in [1.29, 1.82) is 5.41 Å². The summed E-state index contributed by atoms with van der Waals surface area (Å²) in [4.78, 5) is 11.8. The molecule has 0 saturated carbocycles. The van der Waals surface area contributed by atoms with E-state index in [1.165, 1.54) is 0 Å². The Morgan fingerprint density at radius 3 is 2.58 bits per heavy atom. The molecule has 1 aromatic rings. The lowest BCUT2D eigenvalue weighted by atomic mass is 10.1. The lowest BCUT2D eigenvalue weighted by Gasteiger charge is -2.32.